The molecular weight excluding hydrogens is 378 g/mol. The molecule has 1 aromatic carbocycles. The van der Waals surface area contributed by atoms with Crippen molar-refractivity contribution in [3.8, 4) is 0 Å². The van der Waals surface area contributed by atoms with E-state index in [1.807, 2.05) is 11.6 Å². The van der Waals surface area contributed by atoms with Crippen LogP contribution in [0.25, 0.3) is 0 Å². The van der Waals surface area contributed by atoms with Gasteiger partial charge in [-0.25, -0.2) is 4.98 Å². The first-order valence-corrected chi connectivity index (χ1v) is 9.28. The van der Waals surface area contributed by atoms with E-state index < -0.39 is 16.7 Å². The number of rotatable bonds is 5. The average molecular weight is 397 g/mol. The molecule has 0 fully saturated rings. The van der Waals surface area contributed by atoms with Gasteiger partial charge < -0.3 is 9.47 Å². The van der Waals surface area contributed by atoms with Crippen LogP contribution in [0.1, 0.15) is 44.9 Å². The van der Waals surface area contributed by atoms with Gasteiger partial charge in [-0.15, -0.1) is 0 Å². The van der Waals surface area contributed by atoms with Gasteiger partial charge >= 0.3 is 0 Å². The summed E-state index contributed by atoms with van der Waals surface area (Å²) in [6.45, 7) is 1.19. The molecule has 2 aromatic rings. The van der Waals surface area contributed by atoms with Crippen LogP contribution in [0.15, 0.2) is 24.5 Å². The Balaban J connectivity index is 1.36. The van der Waals surface area contributed by atoms with Crippen molar-refractivity contribution in [1.29, 1.82) is 0 Å². The van der Waals surface area contributed by atoms with Gasteiger partial charge in [-0.3, -0.25) is 29.4 Å². The van der Waals surface area contributed by atoms with E-state index in [4.69, 9.17) is 0 Å². The van der Waals surface area contributed by atoms with Crippen molar-refractivity contribution in [1.82, 2.24) is 19.4 Å². The van der Waals surface area contributed by atoms with E-state index in [0.29, 0.717) is 25.9 Å². The zero-order valence-electron chi connectivity index (χ0n) is 15.8. The largest absolute Gasteiger partial charge is 0.336 e. The molecule has 0 spiro atoms. The monoisotopic (exact) mass is 397 g/mol. The summed E-state index contributed by atoms with van der Waals surface area (Å²) in [5.74, 6) is -1.08. The Morgan fingerprint density at radius 2 is 2.00 bits per heavy atom. The Morgan fingerprint density at radius 3 is 2.76 bits per heavy atom. The molecule has 29 heavy (non-hydrogen) atoms. The highest BCUT2D eigenvalue weighted by Crippen LogP contribution is 2.27. The molecule has 0 bridgehead atoms. The fourth-order valence-electron chi connectivity index (χ4n) is 3.77. The number of imide groups is 1. The summed E-state index contributed by atoms with van der Waals surface area (Å²) in [5.41, 5.74) is 1.99. The van der Waals surface area contributed by atoms with E-state index in [0.717, 1.165) is 22.4 Å². The molecule has 0 unspecified atom stereocenters. The standard InChI is InChI=1S/C19H19N5O5/c1-21-11-20-15-6-8-22(10-16(15)21)17(25)3-2-7-23-18(26)13-5-4-12(24(28)29)9-14(13)19(23)27/h4-5,9,11H,2-3,6-8,10H2,1H3. The number of amides is 3. The summed E-state index contributed by atoms with van der Waals surface area (Å²) in [6.07, 6.45) is 2.99. The van der Waals surface area contributed by atoms with Crippen LogP contribution in [0, 0.1) is 10.1 Å². The van der Waals surface area contributed by atoms with Gasteiger partial charge in [-0.2, -0.15) is 0 Å². The zero-order valence-corrected chi connectivity index (χ0v) is 15.8. The fraction of sp³-hybridized carbons (Fsp3) is 0.368. The second-order valence-electron chi connectivity index (χ2n) is 7.17. The predicted octanol–water partition coefficient (Wildman–Crippen LogP) is 1.29. The van der Waals surface area contributed by atoms with Gasteiger partial charge in [0, 0.05) is 45.1 Å². The number of imidazole rings is 1. The maximum Gasteiger partial charge on any atom is 0.270 e. The van der Waals surface area contributed by atoms with E-state index in [1.165, 1.54) is 12.1 Å². The summed E-state index contributed by atoms with van der Waals surface area (Å²) in [5, 5.41) is 10.9. The third kappa shape index (κ3) is 3.26. The third-order valence-corrected chi connectivity index (χ3v) is 5.39. The summed E-state index contributed by atoms with van der Waals surface area (Å²) in [4.78, 5) is 54.9. The molecule has 2 aliphatic rings. The highest BCUT2D eigenvalue weighted by molar-refractivity contribution is 6.21. The molecule has 0 saturated carbocycles. The molecule has 0 radical (unpaired) electrons. The lowest BCUT2D eigenvalue weighted by molar-refractivity contribution is -0.384. The number of fused-ring (bicyclic) bond motifs is 2. The second-order valence-corrected chi connectivity index (χ2v) is 7.17. The van der Waals surface area contributed by atoms with Gasteiger partial charge in [0.1, 0.15) is 0 Å². The number of aryl methyl sites for hydroxylation is 1. The van der Waals surface area contributed by atoms with E-state index in [1.54, 1.807) is 11.2 Å². The highest BCUT2D eigenvalue weighted by Gasteiger charge is 2.36. The van der Waals surface area contributed by atoms with Crippen LogP contribution in [0.3, 0.4) is 0 Å². The minimum Gasteiger partial charge on any atom is -0.336 e. The molecule has 0 saturated heterocycles. The molecule has 10 heteroatoms. The Morgan fingerprint density at radius 1 is 1.24 bits per heavy atom. The number of carbonyl (C=O) groups is 3. The normalized spacial score (nSPS) is 15.5. The number of carbonyl (C=O) groups excluding carboxylic acids is 3. The maximum absolute atomic E-state index is 12.5. The van der Waals surface area contributed by atoms with Gasteiger partial charge in [-0.1, -0.05) is 0 Å². The lowest BCUT2D eigenvalue weighted by Gasteiger charge is -2.27. The topological polar surface area (TPSA) is 119 Å². The predicted molar refractivity (Wildman–Crippen MR) is 100 cm³/mol. The van der Waals surface area contributed by atoms with Crippen molar-refractivity contribution in [3.63, 3.8) is 0 Å². The van der Waals surface area contributed by atoms with E-state index in [9.17, 15) is 24.5 Å². The first-order valence-electron chi connectivity index (χ1n) is 9.28. The average Bonchev–Trinajstić information content (AvgIpc) is 3.20. The van der Waals surface area contributed by atoms with E-state index in [-0.39, 0.29) is 35.7 Å². The number of nitrogens with zero attached hydrogens (tertiary/aromatic N) is 5. The van der Waals surface area contributed by atoms with Crippen LogP contribution in [-0.4, -0.2) is 55.1 Å². The molecule has 150 valence electrons. The van der Waals surface area contributed by atoms with Crippen molar-refractivity contribution in [2.45, 2.75) is 25.8 Å². The van der Waals surface area contributed by atoms with Crippen molar-refractivity contribution in [2.75, 3.05) is 13.1 Å². The Kier molecular flexibility index (Phi) is 4.61. The van der Waals surface area contributed by atoms with Crippen LogP contribution in [-0.2, 0) is 24.8 Å². The second kappa shape index (κ2) is 7.12. The Labute approximate surface area is 165 Å². The summed E-state index contributed by atoms with van der Waals surface area (Å²) < 4.78 is 1.91. The quantitative estimate of drug-likeness (QED) is 0.426. The third-order valence-electron chi connectivity index (χ3n) is 5.39. The fourth-order valence-corrected chi connectivity index (χ4v) is 3.77. The van der Waals surface area contributed by atoms with Crippen molar-refractivity contribution < 1.29 is 19.3 Å². The van der Waals surface area contributed by atoms with E-state index >= 15 is 0 Å². The smallest absolute Gasteiger partial charge is 0.270 e. The SMILES string of the molecule is Cn1cnc2c1CN(C(=O)CCCN1C(=O)c3ccc([N+](=O)[O-])cc3C1=O)CC2. The number of nitro groups is 1. The molecular formula is C19H19N5O5. The van der Waals surface area contributed by atoms with Crippen molar-refractivity contribution in [3.05, 3.63) is 57.2 Å². The molecule has 0 N–H and O–H groups in total. The lowest BCUT2D eigenvalue weighted by atomic mass is 10.1. The van der Waals surface area contributed by atoms with Crippen LogP contribution in [0.2, 0.25) is 0 Å². The maximum atomic E-state index is 12.5. The minimum atomic E-state index is -0.606. The molecule has 1 aromatic heterocycles. The number of aromatic nitrogens is 2. The molecule has 0 atom stereocenters. The number of non-ortho nitro benzene ring substituents is 1. The van der Waals surface area contributed by atoms with Crippen molar-refractivity contribution >= 4 is 23.4 Å². The lowest BCUT2D eigenvalue weighted by Crippen LogP contribution is -2.37. The first kappa shape index (κ1) is 18.8. The van der Waals surface area contributed by atoms with Crippen LogP contribution >= 0.6 is 0 Å². The number of hydrogen-bond acceptors (Lipinski definition) is 6. The summed E-state index contributed by atoms with van der Waals surface area (Å²) in [7, 11) is 1.90. The van der Waals surface area contributed by atoms with Gasteiger partial charge in [-0.05, 0) is 12.5 Å². The molecule has 0 aliphatic carbocycles. The Hall–Kier alpha value is -3.56. The summed E-state index contributed by atoms with van der Waals surface area (Å²) >= 11 is 0. The molecule has 3 heterocycles. The summed E-state index contributed by atoms with van der Waals surface area (Å²) in [6, 6.07) is 3.64. The minimum absolute atomic E-state index is 0.0373. The van der Waals surface area contributed by atoms with Crippen LogP contribution in [0.4, 0.5) is 5.69 Å². The van der Waals surface area contributed by atoms with E-state index in [2.05, 4.69) is 4.98 Å². The van der Waals surface area contributed by atoms with Gasteiger partial charge in [0.05, 0.1) is 40.3 Å². The molecule has 2 aliphatic heterocycles. The highest BCUT2D eigenvalue weighted by atomic mass is 16.6. The molecule has 4 rings (SSSR count). The van der Waals surface area contributed by atoms with Gasteiger partial charge in [0.2, 0.25) is 5.91 Å². The van der Waals surface area contributed by atoms with Crippen molar-refractivity contribution in [2.24, 2.45) is 7.05 Å². The zero-order chi connectivity index (χ0) is 20.7. The number of nitro benzene ring substituents is 1. The Bertz CT molecular complexity index is 1040. The molecule has 3 amide bonds. The van der Waals surface area contributed by atoms with Crippen LogP contribution < -0.4 is 0 Å². The van der Waals surface area contributed by atoms with Gasteiger partial charge in [0.25, 0.3) is 17.5 Å². The van der Waals surface area contributed by atoms with Crippen LogP contribution in [0.5, 0.6) is 0 Å². The first-order chi connectivity index (χ1) is 13.9. The van der Waals surface area contributed by atoms with Gasteiger partial charge in [0.15, 0.2) is 0 Å². The number of benzene rings is 1. The number of hydrogen-bond donors (Lipinski definition) is 0. The molecule has 10 nitrogen and oxygen atoms in total.